The summed E-state index contributed by atoms with van der Waals surface area (Å²) < 4.78 is 9.86. The Hall–Kier alpha value is 0.500. The summed E-state index contributed by atoms with van der Waals surface area (Å²) in [6.07, 6.45) is 0.219. The maximum atomic E-state index is 5.79. The number of rotatable bonds is 6. The third kappa shape index (κ3) is 11.0. The summed E-state index contributed by atoms with van der Waals surface area (Å²) in [6.45, 7) is 9.00. The van der Waals surface area contributed by atoms with E-state index in [1.54, 1.807) is 14.2 Å². The van der Waals surface area contributed by atoms with Crippen molar-refractivity contribution in [2.75, 3.05) is 26.7 Å². The molecule has 0 aliphatic rings. The molecule has 0 aliphatic carbocycles. The standard InChI is InChI=1S/2C6H13ClO/c1-5(2)6(7)4-8-3;1-5(2)6(4-7)8-3/h2*5-6H,4H2,1-3H3. The van der Waals surface area contributed by atoms with Gasteiger partial charge in [0.2, 0.25) is 0 Å². The highest BCUT2D eigenvalue weighted by molar-refractivity contribution is 6.20. The van der Waals surface area contributed by atoms with Crippen molar-refractivity contribution in [2.45, 2.75) is 39.2 Å². The van der Waals surface area contributed by atoms with E-state index in [0.29, 0.717) is 24.3 Å². The summed E-state index contributed by atoms with van der Waals surface area (Å²) in [7, 11) is 3.35. The molecule has 4 heteroatoms. The van der Waals surface area contributed by atoms with Gasteiger partial charge < -0.3 is 9.47 Å². The molecular weight excluding hydrogens is 247 g/mol. The van der Waals surface area contributed by atoms with Gasteiger partial charge in [0.1, 0.15) is 0 Å². The molecule has 0 bridgehead atoms. The first kappa shape index (κ1) is 18.9. The number of methoxy groups -OCH3 is 2. The molecule has 0 aromatic rings. The molecule has 0 radical (unpaired) electrons. The Labute approximate surface area is 111 Å². The predicted octanol–water partition coefficient (Wildman–Crippen LogP) is 3.79. The van der Waals surface area contributed by atoms with E-state index < -0.39 is 0 Å². The molecule has 0 aromatic heterocycles. The average molecular weight is 273 g/mol. The summed E-state index contributed by atoms with van der Waals surface area (Å²) in [5, 5.41) is 0.167. The van der Waals surface area contributed by atoms with Crippen LogP contribution in [0.3, 0.4) is 0 Å². The Bertz CT molecular complexity index is 137. The Morgan fingerprint density at radius 2 is 1.50 bits per heavy atom. The van der Waals surface area contributed by atoms with Gasteiger partial charge in [-0.15, -0.1) is 23.2 Å². The van der Waals surface area contributed by atoms with E-state index in [-0.39, 0.29) is 11.5 Å². The highest BCUT2D eigenvalue weighted by atomic mass is 35.5. The molecule has 0 saturated heterocycles. The minimum atomic E-state index is 0.167. The molecule has 0 fully saturated rings. The van der Waals surface area contributed by atoms with Crippen LogP contribution in [-0.4, -0.2) is 38.2 Å². The smallest absolute Gasteiger partial charge is 0.0729 e. The van der Waals surface area contributed by atoms with Crippen LogP contribution in [0.2, 0.25) is 0 Å². The van der Waals surface area contributed by atoms with Crippen molar-refractivity contribution in [2.24, 2.45) is 11.8 Å². The van der Waals surface area contributed by atoms with Crippen molar-refractivity contribution < 1.29 is 9.47 Å². The van der Waals surface area contributed by atoms with Crippen molar-refractivity contribution in [3.8, 4) is 0 Å². The topological polar surface area (TPSA) is 18.5 Å². The zero-order valence-corrected chi connectivity index (χ0v) is 12.8. The van der Waals surface area contributed by atoms with Gasteiger partial charge in [-0.1, -0.05) is 27.7 Å². The largest absolute Gasteiger partial charge is 0.383 e. The molecule has 0 aromatic carbocycles. The first-order valence-corrected chi connectivity index (χ1v) is 6.59. The van der Waals surface area contributed by atoms with E-state index in [2.05, 4.69) is 27.7 Å². The normalized spacial score (nSPS) is 14.6. The molecule has 100 valence electrons. The van der Waals surface area contributed by atoms with Crippen LogP contribution >= 0.6 is 23.2 Å². The molecule has 16 heavy (non-hydrogen) atoms. The lowest BCUT2D eigenvalue weighted by atomic mass is 10.1. The summed E-state index contributed by atoms with van der Waals surface area (Å²) in [4.78, 5) is 0. The maximum absolute atomic E-state index is 5.79. The fraction of sp³-hybridized carbons (Fsp3) is 1.00. The van der Waals surface area contributed by atoms with Gasteiger partial charge in [0.25, 0.3) is 0 Å². The van der Waals surface area contributed by atoms with Gasteiger partial charge in [-0.3, -0.25) is 0 Å². The minimum absolute atomic E-state index is 0.167. The molecule has 2 atom stereocenters. The molecule has 0 saturated carbocycles. The van der Waals surface area contributed by atoms with Crippen LogP contribution < -0.4 is 0 Å². The number of hydrogen-bond donors (Lipinski definition) is 0. The Morgan fingerprint density at radius 1 is 1.00 bits per heavy atom. The molecule has 0 aliphatic heterocycles. The van der Waals surface area contributed by atoms with Gasteiger partial charge in [-0.25, -0.2) is 0 Å². The van der Waals surface area contributed by atoms with Gasteiger partial charge in [0.15, 0.2) is 0 Å². The number of ether oxygens (including phenoxy) is 2. The van der Waals surface area contributed by atoms with E-state index in [9.17, 15) is 0 Å². The molecule has 0 rings (SSSR count). The Morgan fingerprint density at radius 3 is 1.56 bits per heavy atom. The monoisotopic (exact) mass is 272 g/mol. The fourth-order valence-electron chi connectivity index (χ4n) is 0.865. The van der Waals surface area contributed by atoms with Crippen molar-refractivity contribution in [1.29, 1.82) is 0 Å². The van der Waals surface area contributed by atoms with Crippen LogP contribution in [-0.2, 0) is 9.47 Å². The average Bonchev–Trinajstić information content (AvgIpc) is 2.20. The van der Waals surface area contributed by atoms with Gasteiger partial charge >= 0.3 is 0 Å². The van der Waals surface area contributed by atoms with Gasteiger partial charge in [-0.05, 0) is 11.8 Å². The van der Waals surface area contributed by atoms with Crippen molar-refractivity contribution in [3.05, 3.63) is 0 Å². The fourth-order valence-corrected chi connectivity index (χ4v) is 1.47. The van der Waals surface area contributed by atoms with Crippen LogP contribution in [0.5, 0.6) is 0 Å². The Kier molecular flexibility index (Phi) is 14.1. The lowest BCUT2D eigenvalue weighted by Gasteiger charge is -2.14. The first-order valence-electron chi connectivity index (χ1n) is 5.62. The first-order chi connectivity index (χ1) is 7.40. The lowest BCUT2D eigenvalue weighted by Crippen LogP contribution is -2.19. The van der Waals surface area contributed by atoms with Gasteiger partial charge in [0, 0.05) is 20.1 Å². The molecule has 2 unspecified atom stereocenters. The summed E-state index contributed by atoms with van der Waals surface area (Å²) in [6, 6.07) is 0. The highest BCUT2D eigenvalue weighted by Crippen LogP contribution is 2.08. The van der Waals surface area contributed by atoms with Crippen LogP contribution in [0, 0.1) is 11.8 Å². The van der Waals surface area contributed by atoms with E-state index in [1.807, 2.05) is 0 Å². The Balaban J connectivity index is 0. The summed E-state index contributed by atoms with van der Waals surface area (Å²) >= 11 is 11.3. The molecule has 0 N–H and O–H groups in total. The van der Waals surface area contributed by atoms with Crippen molar-refractivity contribution >= 4 is 23.2 Å². The number of alkyl halides is 2. The summed E-state index contributed by atoms with van der Waals surface area (Å²) in [5.74, 6) is 1.63. The molecule has 0 amide bonds. The lowest BCUT2D eigenvalue weighted by molar-refractivity contribution is 0.0832. The van der Waals surface area contributed by atoms with Crippen LogP contribution in [0.1, 0.15) is 27.7 Å². The second kappa shape index (κ2) is 12.0. The quantitative estimate of drug-likeness (QED) is 0.685. The second-order valence-electron chi connectivity index (χ2n) is 4.39. The van der Waals surface area contributed by atoms with Crippen LogP contribution in [0.15, 0.2) is 0 Å². The molecule has 0 spiro atoms. The third-order valence-corrected chi connectivity index (χ3v) is 3.18. The molecule has 2 nitrogen and oxygen atoms in total. The predicted molar refractivity (Wildman–Crippen MR) is 72.7 cm³/mol. The summed E-state index contributed by atoms with van der Waals surface area (Å²) in [5.41, 5.74) is 0. The van der Waals surface area contributed by atoms with Gasteiger partial charge in [-0.2, -0.15) is 0 Å². The minimum Gasteiger partial charge on any atom is -0.383 e. The van der Waals surface area contributed by atoms with Crippen molar-refractivity contribution in [3.63, 3.8) is 0 Å². The van der Waals surface area contributed by atoms with E-state index in [1.165, 1.54) is 0 Å². The van der Waals surface area contributed by atoms with E-state index in [0.717, 1.165) is 0 Å². The van der Waals surface area contributed by atoms with Gasteiger partial charge in [0.05, 0.1) is 18.1 Å². The van der Waals surface area contributed by atoms with Crippen LogP contribution in [0.25, 0.3) is 0 Å². The zero-order chi connectivity index (χ0) is 13.1. The number of halogens is 2. The van der Waals surface area contributed by atoms with E-state index >= 15 is 0 Å². The highest BCUT2D eigenvalue weighted by Gasteiger charge is 2.08. The maximum Gasteiger partial charge on any atom is 0.0729 e. The SMILES string of the molecule is COC(CCl)C(C)C.COCC(Cl)C(C)C. The molecule has 0 heterocycles. The second-order valence-corrected chi connectivity index (χ2v) is 5.26. The molecular formula is C12H26Cl2O2. The van der Waals surface area contributed by atoms with Crippen molar-refractivity contribution in [1.82, 2.24) is 0 Å². The van der Waals surface area contributed by atoms with E-state index in [4.69, 9.17) is 32.7 Å². The zero-order valence-electron chi connectivity index (χ0n) is 11.3. The third-order valence-electron chi connectivity index (χ3n) is 2.25. The van der Waals surface area contributed by atoms with Crippen LogP contribution in [0.4, 0.5) is 0 Å². The number of hydrogen-bond acceptors (Lipinski definition) is 2.